The number of H-pyrrole nitrogens is 1. The van der Waals surface area contributed by atoms with E-state index in [9.17, 15) is 39.9 Å². The molecule has 0 saturated carbocycles. The van der Waals surface area contributed by atoms with Crippen LogP contribution < -0.4 is 10.6 Å². The zero-order valence-corrected chi connectivity index (χ0v) is 16.0. The highest BCUT2D eigenvalue weighted by Gasteiger charge is 2.33. The monoisotopic (exact) mass is 477 g/mol. The van der Waals surface area contributed by atoms with Gasteiger partial charge in [-0.1, -0.05) is 0 Å². The Labute approximate surface area is 179 Å². The molecule has 1 aromatic heterocycles. The summed E-state index contributed by atoms with van der Waals surface area (Å²) in [6, 6.07) is 3.92. The van der Waals surface area contributed by atoms with E-state index in [1.54, 1.807) is 5.10 Å². The number of alkyl halides is 3. The molecule has 1 heterocycles. The number of hydrogen-bond donors (Lipinski definition) is 3. The molecule has 0 fully saturated rings. The number of guanidine groups is 1. The summed E-state index contributed by atoms with van der Waals surface area (Å²) >= 11 is 0. The molecular weight excluding hydrogens is 466 g/mol. The van der Waals surface area contributed by atoms with Crippen LogP contribution >= 0.6 is 0 Å². The Morgan fingerprint density at radius 2 is 1.61 bits per heavy atom. The van der Waals surface area contributed by atoms with Crippen LogP contribution in [0.4, 0.5) is 40.9 Å². The third-order valence-electron chi connectivity index (χ3n) is 4.01. The first-order valence-electron chi connectivity index (χ1n) is 8.78. The van der Waals surface area contributed by atoms with Crippen molar-refractivity contribution in [3.63, 3.8) is 0 Å². The standard InChI is InChI=1S/C19H11F8N5O/c20-10-2-1-9(5-11(10)21)17(33)30-18(29-15-6-14(31-32-15)19(25,26)27)28-7-8-3-12(22)16(24)13(23)4-8/h1-6H,7H2,(H3,28,29,30,31,32,33). The number of nitrogens with one attached hydrogen (secondary N) is 3. The number of aliphatic imine (C=N–C) groups is 1. The summed E-state index contributed by atoms with van der Waals surface area (Å²) in [4.78, 5) is 16.1. The minimum atomic E-state index is -4.76. The number of carbonyl (C=O) groups is 1. The van der Waals surface area contributed by atoms with Crippen LogP contribution in [0.1, 0.15) is 21.6 Å². The lowest BCUT2D eigenvalue weighted by molar-refractivity contribution is -0.141. The van der Waals surface area contributed by atoms with Gasteiger partial charge in [-0.25, -0.2) is 26.9 Å². The summed E-state index contributed by atoms with van der Waals surface area (Å²) in [5, 5.41) is 9.42. The summed E-state index contributed by atoms with van der Waals surface area (Å²) in [5.41, 5.74) is -1.80. The molecular formula is C19H11F8N5O. The van der Waals surface area contributed by atoms with Crippen molar-refractivity contribution in [2.75, 3.05) is 5.32 Å². The van der Waals surface area contributed by atoms with Gasteiger partial charge in [-0.15, -0.1) is 0 Å². The summed E-state index contributed by atoms with van der Waals surface area (Å²) in [5.74, 6) is -9.38. The first-order valence-corrected chi connectivity index (χ1v) is 8.78. The molecule has 0 aliphatic heterocycles. The van der Waals surface area contributed by atoms with E-state index in [1.165, 1.54) is 0 Å². The largest absolute Gasteiger partial charge is 0.432 e. The van der Waals surface area contributed by atoms with Gasteiger partial charge in [0, 0.05) is 11.6 Å². The van der Waals surface area contributed by atoms with Crippen molar-refractivity contribution >= 4 is 17.7 Å². The number of carbonyl (C=O) groups excluding carboxylic acids is 1. The van der Waals surface area contributed by atoms with Gasteiger partial charge < -0.3 is 5.32 Å². The average molecular weight is 477 g/mol. The topological polar surface area (TPSA) is 82.2 Å². The van der Waals surface area contributed by atoms with Crippen LogP contribution in [0.2, 0.25) is 0 Å². The molecule has 33 heavy (non-hydrogen) atoms. The van der Waals surface area contributed by atoms with Crippen molar-refractivity contribution in [3.8, 4) is 0 Å². The van der Waals surface area contributed by atoms with Gasteiger partial charge in [0.1, 0.15) is 5.69 Å². The normalized spacial score (nSPS) is 12.1. The second-order valence-corrected chi connectivity index (χ2v) is 6.41. The second kappa shape index (κ2) is 9.26. The molecule has 0 aliphatic rings. The molecule has 3 rings (SSSR count). The fourth-order valence-corrected chi connectivity index (χ4v) is 2.45. The van der Waals surface area contributed by atoms with E-state index in [-0.39, 0.29) is 11.1 Å². The molecule has 0 saturated heterocycles. The molecule has 0 spiro atoms. The third kappa shape index (κ3) is 5.84. The summed E-state index contributed by atoms with van der Waals surface area (Å²) < 4.78 is 105. The van der Waals surface area contributed by atoms with Crippen molar-refractivity contribution in [3.05, 3.63) is 82.3 Å². The zero-order chi connectivity index (χ0) is 24.3. The van der Waals surface area contributed by atoms with Gasteiger partial charge in [0.25, 0.3) is 5.91 Å². The molecule has 3 N–H and O–H groups in total. The average Bonchev–Trinajstić information content (AvgIpc) is 3.21. The van der Waals surface area contributed by atoms with Crippen LogP contribution in [-0.4, -0.2) is 22.1 Å². The fraction of sp³-hybridized carbons (Fsp3) is 0.105. The van der Waals surface area contributed by atoms with Crippen LogP contribution in [0, 0.1) is 29.1 Å². The summed E-state index contributed by atoms with van der Waals surface area (Å²) in [6.45, 7) is -0.564. The minimum absolute atomic E-state index is 0.189. The van der Waals surface area contributed by atoms with Crippen LogP contribution in [0.5, 0.6) is 0 Å². The van der Waals surface area contributed by atoms with Crippen LogP contribution in [0.25, 0.3) is 0 Å². The van der Waals surface area contributed by atoms with Gasteiger partial charge in [-0.2, -0.15) is 18.3 Å². The number of anilines is 1. The minimum Gasteiger partial charge on any atom is -0.309 e. The number of amides is 1. The van der Waals surface area contributed by atoms with Crippen molar-refractivity contribution in [1.82, 2.24) is 15.5 Å². The maximum absolute atomic E-state index is 13.4. The van der Waals surface area contributed by atoms with E-state index >= 15 is 0 Å². The Hall–Kier alpha value is -3.97. The quantitative estimate of drug-likeness (QED) is 0.224. The number of aromatic amines is 1. The van der Waals surface area contributed by atoms with Crippen LogP contribution in [0.15, 0.2) is 41.4 Å². The number of halogens is 8. The smallest absolute Gasteiger partial charge is 0.309 e. The van der Waals surface area contributed by atoms with Gasteiger partial charge in [0.2, 0.25) is 5.96 Å². The van der Waals surface area contributed by atoms with Crippen LogP contribution in [0.3, 0.4) is 0 Å². The lowest BCUT2D eigenvalue weighted by Crippen LogP contribution is -2.36. The maximum Gasteiger partial charge on any atom is 0.432 e. The van der Waals surface area contributed by atoms with Crippen molar-refractivity contribution in [2.45, 2.75) is 12.7 Å². The van der Waals surface area contributed by atoms with Crippen molar-refractivity contribution < 1.29 is 39.9 Å². The lowest BCUT2D eigenvalue weighted by Gasteiger charge is -2.10. The maximum atomic E-state index is 13.4. The van der Waals surface area contributed by atoms with Gasteiger partial charge >= 0.3 is 6.18 Å². The van der Waals surface area contributed by atoms with E-state index in [1.807, 2.05) is 0 Å². The number of nitrogens with zero attached hydrogens (tertiary/aromatic N) is 2. The van der Waals surface area contributed by atoms with Crippen molar-refractivity contribution in [2.24, 2.45) is 4.99 Å². The van der Waals surface area contributed by atoms with Gasteiger partial charge in [-0.05, 0) is 35.9 Å². The molecule has 1 amide bonds. The highest BCUT2D eigenvalue weighted by Crippen LogP contribution is 2.28. The Morgan fingerprint density at radius 1 is 0.939 bits per heavy atom. The number of rotatable bonds is 4. The molecule has 6 nitrogen and oxygen atoms in total. The van der Waals surface area contributed by atoms with Gasteiger partial charge in [0.15, 0.2) is 34.9 Å². The molecule has 2 aromatic carbocycles. The predicted molar refractivity (Wildman–Crippen MR) is 98.5 cm³/mol. The molecule has 0 radical (unpaired) electrons. The van der Waals surface area contributed by atoms with E-state index in [0.717, 1.165) is 6.07 Å². The Kier molecular flexibility index (Phi) is 6.65. The number of hydrogen-bond acceptors (Lipinski definition) is 3. The fourth-order valence-electron chi connectivity index (χ4n) is 2.45. The van der Waals surface area contributed by atoms with E-state index < -0.39 is 65.2 Å². The Morgan fingerprint density at radius 3 is 2.18 bits per heavy atom. The van der Waals surface area contributed by atoms with E-state index in [4.69, 9.17) is 0 Å². The zero-order valence-electron chi connectivity index (χ0n) is 16.0. The van der Waals surface area contributed by atoms with E-state index in [2.05, 4.69) is 20.7 Å². The Bertz CT molecular complexity index is 1200. The SMILES string of the molecule is O=C(NC(=NCc1cc(F)c(F)c(F)c1)Nc1cc(C(F)(F)F)[nH]n1)c1ccc(F)c(F)c1. The predicted octanol–water partition coefficient (Wildman–Crippen LogP) is 4.52. The van der Waals surface area contributed by atoms with Crippen molar-refractivity contribution in [1.29, 1.82) is 0 Å². The highest BCUT2D eigenvalue weighted by atomic mass is 19.4. The van der Waals surface area contributed by atoms with E-state index in [0.29, 0.717) is 30.3 Å². The number of aromatic nitrogens is 2. The summed E-state index contributed by atoms with van der Waals surface area (Å²) in [7, 11) is 0. The van der Waals surface area contributed by atoms with Gasteiger partial charge in [-0.3, -0.25) is 15.2 Å². The molecule has 174 valence electrons. The summed E-state index contributed by atoms with van der Waals surface area (Å²) in [6.07, 6.45) is -4.76. The molecule has 3 aromatic rings. The lowest BCUT2D eigenvalue weighted by atomic mass is 10.2. The molecule has 14 heteroatoms. The second-order valence-electron chi connectivity index (χ2n) is 6.41. The van der Waals surface area contributed by atoms with Crippen LogP contribution in [-0.2, 0) is 12.7 Å². The molecule has 0 atom stereocenters. The third-order valence-corrected chi connectivity index (χ3v) is 4.01. The molecule has 0 bridgehead atoms. The highest BCUT2D eigenvalue weighted by molar-refractivity contribution is 6.09. The molecule has 0 unspecified atom stereocenters. The first-order chi connectivity index (χ1) is 15.4. The molecule has 0 aliphatic carbocycles. The first kappa shape index (κ1) is 23.7. The number of benzene rings is 2. The van der Waals surface area contributed by atoms with Gasteiger partial charge in [0.05, 0.1) is 6.54 Å². The Balaban J connectivity index is 1.88.